The molecule has 24 heavy (non-hydrogen) atoms. The van der Waals surface area contributed by atoms with Gasteiger partial charge in [0.2, 0.25) is 0 Å². The molecular weight excluding hydrogens is 312 g/mol. The molecule has 0 atom stereocenters. The van der Waals surface area contributed by atoms with Gasteiger partial charge in [0.25, 0.3) is 0 Å². The Kier molecular flexibility index (Phi) is 3.48. The van der Waals surface area contributed by atoms with E-state index >= 15 is 0 Å². The zero-order chi connectivity index (χ0) is 16.7. The summed E-state index contributed by atoms with van der Waals surface area (Å²) >= 11 is 1.73. The fourth-order valence-electron chi connectivity index (χ4n) is 3.06. The van der Waals surface area contributed by atoms with Crippen LogP contribution in [0.3, 0.4) is 0 Å². The second-order valence-electron chi connectivity index (χ2n) is 6.10. The van der Waals surface area contributed by atoms with Gasteiger partial charge in [-0.25, -0.2) is 0 Å². The standard InChI is InChI=1S/C21H16N2S/c1-13-7-15(3-4-17(13)10-22)16-5-6-20-18(8-16)9-21(23-20)19-12-24-11-14(19)2/h3-9,11-12,23H,1-2H3. The number of aromatic nitrogens is 1. The third-order valence-electron chi connectivity index (χ3n) is 4.45. The molecule has 0 aliphatic rings. The molecule has 0 amide bonds. The van der Waals surface area contributed by atoms with Gasteiger partial charge in [-0.3, -0.25) is 0 Å². The summed E-state index contributed by atoms with van der Waals surface area (Å²) in [6.45, 7) is 4.12. The molecule has 116 valence electrons. The highest BCUT2D eigenvalue weighted by Crippen LogP contribution is 2.31. The van der Waals surface area contributed by atoms with Gasteiger partial charge in [-0.1, -0.05) is 18.2 Å². The van der Waals surface area contributed by atoms with Crippen molar-refractivity contribution >= 4 is 22.2 Å². The highest BCUT2D eigenvalue weighted by atomic mass is 32.1. The summed E-state index contributed by atoms with van der Waals surface area (Å²) in [4.78, 5) is 3.51. The number of rotatable bonds is 2. The molecule has 0 spiro atoms. The monoisotopic (exact) mass is 328 g/mol. The number of hydrogen-bond acceptors (Lipinski definition) is 2. The molecule has 0 aliphatic carbocycles. The van der Waals surface area contributed by atoms with Gasteiger partial charge in [-0.05, 0) is 65.7 Å². The van der Waals surface area contributed by atoms with E-state index in [4.69, 9.17) is 5.26 Å². The van der Waals surface area contributed by atoms with Crippen molar-refractivity contribution in [2.45, 2.75) is 13.8 Å². The number of thiophene rings is 1. The molecule has 2 aromatic heterocycles. The Morgan fingerprint density at radius 2 is 1.71 bits per heavy atom. The lowest BCUT2D eigenvalue weighted by molar-refractivity contribution is 1.39. The number of hydrogen-bond donors (Lipinski definition) is 1. The number of aromatic amines is 1. The highest BCUT2D eigenvalue weighted by molar-refractivity contribution is 7.08. The number of benzene rings is 2. The number of fused-ring (bicyclic) bond motifs is 1. The smallest absolute Gasteiger partial charge is 0.0994 e. The van der Waals surface area contributed by atoms with Gasteiger partial charge in [-0.15, -0.1) is 0 Å². The third-order valence-corrected chi connectivity index (χ3v) is 5.31. The molecule has 3 heteroatoms. The molecule has 2 aromatic carbocycles. The Bertz CT molecular complexity index is 1090. The van der Waals surface area contributed by atoms with E-state index in [1.165, 1.54) is 22.1 Å². The Morgan fingerprint density at radius 3 is 2.42 bits per heavy atom. The van der Waals surface area contributed by atoms with E-state index in [1.54, 1.807) is 11.3 Å². The second-order valence-corrected chi connectivity index (χ2v) is 6.84. The minimum absolute atomic E-state index is 0.733. The first-order chi connectivity index (χ1) is 11.7. The molecule has 0 aliphatic heterocycles. The van der Waals surface area contributed by atoms with Gasteiger partial charge in [-0.2, -0.15) is 16.6 Å². The average Bonchev–Trinajstić information content (AvgIpc) is 3.19. The second kappa shape index (κ2) is 5.67. The highest BCUT2D eigenvalue weighted by Gasteiger charge is 2.08. The molecule has 0 saturated carbocycles. The van der Waals surface area contributed by atoms with E-state index in [9.17, 15) is 0 Å². The van der Waals surface area contributed by atoms with E-state index in [0.29, 0.717) is 0 Å². The van der Waals surface area contributed by atoms with Crippen LogP contribution in [0.1, 0.15) is 16.7 Å². The van der Waals surface area contributed by atoms with Crippen LogP contribution >= 0.6 is 11.3 Å². The van der Waals surface area contributed by atoms with E-state index in [2.05, 4.69) is 59.1 Å². The number of aryl methyl sites for hydroxylation is 2. The van der Waals surface area contributed by atoms with Crippen LogP contribution in [-0.4, -0.2) is 4.98 Å². The van der Waals surface area contributed by atoms with Crippen molar-refractivity contribution in [1.82, 2.24) is 4.98 Å². The van der Waals surface area contributed by atoms with Gasteiger partial charge >= 0.3 is 0 Å². The molecule has 0 bridgehead atoms. The van der Waals surface area contributed by atoms with Crippen molar-refractivity contribution in [3.8, 4) is 28.5 Å². The summed E-state index contributed by atoms with van der Waals surface area (Å²) in [5.74, 6) is 0. The summed E-state index contributed by atoms with van der Waals surface area (Å²) < 4.78 is 0. The van der Waals surface area contributed by atoms with E-state index in [-0.39, 0.29) is 0 Å². The summed E-state index contributed by atoms with van der Waals surface area (Å²) in [7, 11) is 0. The zero-order valence-corrected chi connectivity index (χ0v) is 14.4. The molecule has 0 fully saturated rings. The largest absolute Gasteiger partial charge is 0.354 e. The molecule has 2 nitrogen and oxygen atoms in total. The zero-order valence-electron chi connectivity index (χ0n) is 13.6. The van der Waals surface area contributed by atoms with Gasteiger partial charge in [0.05, 0.1) is 11.6 Å². The quantitative estimate of drug-likeness (QED) is 0.478. The summed E-state index contributed by atoms with van der Waals surface area (Å²) in [6, 6.07) is 16.9. The van der Waals surface area contributed by atoms with E-state index in [1.807, 2.05) is 19.1 Å². The first-order valence-electron chi connectivity index (χ1n) is 7.83. The molecule has 4 aromatic rings. The Morgan fingerprint density at radius 1 is 0.917 bits per heavy atom. The van der Waals surface area contributed by atoms with Crippen LogP contribution < -0.4 is 0 Å². The fourth-order valence-corrected chi connectivity index (χ4v) is 3.91. The Balaban J connectivity index is 1.80. The van der Waals surface area contributed by atoms with Crippen molar-refractivity contribution in [1.29, 1.82) is 5.26 Å². The van der Waals surface area contributed by atoms with Crippen LogP contribution in [0.25, 0.3) is 33.3 Å². The maximum Gasteiger partial charge on any atom is 0.0994 e. The normalized spacial score (nSPS) is 10.9. The van der Waals surface area contributed by atoms with E-state index < -0.39 is 0 Å². The van der Waals surface area contributed by atoms with Crippen LogP contribution in [-0.2, 0) is 0 Å². The number of H-pyrrole nitrogens is 1. The molecule has 1 N–H and O–H groups in total. The summed E-state index contributed by atoms with van der Waals surface area (Å²) in [6.07, 6.45) is 0. The van der Waals surface area contributed by atoms with Gasteiger partial charge in [0.1, 0.15) is 0 Å². The molecule has 0 saturated heterocycles. The fraction of sp³-hybridized carbons (Fsp3) is 0.0952. The lowest BCUT2D eigenvalue weighted by Crippen LogP contribution is -1.84. The predicted molar refractivity (Wildman–Crippen MR) is 101 cm³/mol. The van der Waals surface area contributed by atoms with Gasteiger partial charge in [0, 0.05) is 27.5 Å². The number of nitrogens with one attached hydrogen (secondary N) is 1. The van der Waals surface area contributed by atoms with Crippen molar-refractivity contribution in [3.05, 3.63) is 69.9 Å². The van der Waals surface area contributed by atoms with E-state index in [0.717, 1.165) is 27.9 Å². The van der Waals surface area contributed by atoms with Crippen molar-refractivity contribution in [2.75, 3.05) is 0 Å². The maximum atomic E-state index is 9.08. The summed E-state index contributed by atoms with van der Waals surface area (Å²) in [5, 5.41) is 14.6. The predicted octanol–water partition coefficient (Wildman–Crippen LogP) is 6.05. The Labute approximate surface area is 145 Å². The minimum Gasteiger partial charge on any atom is -0.354 e. The topological polar surface area (TPSA) is 39.6 Å². The van der Waals surface area contributed by atoms with Crippen LogP contribution in [0, 0.1) is 25.2 Å². The maximum absolute atomic E-state index is 9.08. The lowest BCUT2D eigenvalue weighted by atomic mass is 9.99. The molecule has 2 heterocycles. The average molecular weight is 328 g/mol. The van der Waals surface area contributed by atoms with Crippen LogP contribution in [0.4, 0.5) is 0 Å². The lowest BCUT2D eigenvalue weighted by Gasteiger charge is -2.04. The van der Waals surface area contributed by atoms with Gasteiger partial charge < -0.3 is 4.98 Å². The van der Waals surface area contributed by atoms with Crippen LogP contribution in [0.5, 0.6) is 0 Å². The molecule has 0 radical (unpaired) electrons. The molecule has 0 unspecified atom stereocenters. The molecule has 4 rings (SSSR count). The first kappa shape index (κ1) is 14.7. The van der Waals surface area contributed by atoms with Gasteiger partial charge in [0.15, 0.2) is 0 Å². The van der Waals surface area contributed by atoms with Crippen molar-refractivity contribution in [2.24, 2.45) is 0 Å². The number of nitriles is 1. The summed E-state index contributed by atoms with van der Waals surface area (Å²) in [5.41, 5.74) is 8.93. The van der Waals surface area contributed by atoms with Crippen LogP contribution in [0.2, 0.25) is 0 Å². The van der Waals surface area contributed by atoms with Crippen molar-refractivity contribution < 1.29 is 0 Å². The molecular formula is C21H16N2S. The third kappa shape index (κ3) is 2.42. The van der Waals surface area contributed by atoms with Crippen molar-refractivity contribution in [3.63, 3.8) is 0 Å². The SMILES string of the molecule is Cc1cc(-c2ccc3[nH]c(-c4cscc4C)cc3c2)ccc1C#N. The minimum atomic E-state index is 0.733. The van der Waals surface area contributed by atoms with Crippen LogP contribution in [0.15, 0.2) is 53.2 Å². The first-order valence-corrected chi connectivity index (χ1v) is 8.77. The number of nitrogens with zero attached hydrogens (tertiary/aromatic N) is 1. The Hall–Kier alpha value is -2.83.